The summed E-state index contributed by atoms with van der Waals surface area (Å²) in [5, 5.41) is 5.02. The molecule has 0 spiro atoms. The second kappa shape index (κ2) is 6.20. The summed E-state index contributed by atoms with van der Waals surface area (Å²) in [6.07, 6.45) is 0. The van der Waals surface area contributed by atoms with Crippen LogP contribution < -0.4 is 11.3 Å². The van der Waals surface area contributed by atoms with Crippen LogP contribution in [0.3, 0.4) is 0 Å². The molecule has 0 aliphatic carbocycles. The van der Waals surface area contributed by atoms with Crippen molar-refractivity contribution in [1.29, 1.82) is 0 Å². The molecule has 1 aromatic heterocycles. The molecule has 1 aromatic carbocycles. The number of hydrogen-bond donors (Lipinski definition) is 1. The molecule has 0 saturated heterocycles. The van der Waals surface area contributed by atoms with Crippen LogP contribution in [-0.2, 0) is 6.54 Å². The number of halogens is 1. The summed E-state index contributed by atoms with van der Waals surface area (Å²) >= 11 is 5.86. The molecule has 5 heteroatoms. The third kappa shape index (κ3) is 3.46. The average Bonchev–Trinajstić information content (AvgIpc) is 2.41. The fourth-order valence-electron chi connectivity index (χ4n) is 1.95. The molecular formula is C15H18ClN3O. The van der Waals surface area contributed by atoms with E-state index >= 15 is 0 Å². The topological polar surface area (TPSA) is 60.9 Å². The summed E-state index contributed by atoms with van der Waals surface area (Å²) < 4.78 is 1.47. The van der Waals surface area contributed by atoms with Crippen molar-refractivity contribution in [2.75, 3.05) is 0 Å². The first-order chi connectivity index (χ1) is 9.47. The van der Waals surface area contributed by atoms with Crippen molar-refractivity contribution in [1.82, 2.24) is 9.78 Å². The van der Waals surface area contributed by atoms with E-state index in [4.69, 9.17) is 17.3 Å². The molecule has 20 heavy (non-hydrogen) atoms. The van der Waals surface area contributed by atoms with Gasteiger partial charge in [-0.15, -0.1) is 0 Å². The number of nitrogens with zero attached hydrogens (tertiary/aromatic N) is 2. The van der Waals surface area contributed by atoms with E-state index in [0.29, 0.717) is 23.2 Å². The van der Waals surface area contributed by atoms with E-state index in [-0.39, 0.29) is 11.6 Å². The molecule has 2 rings (SSSR count). The molecule has 1 unspecified atom stereocenters. The van der Waals surface area contributed by atoms with Gasteiger partial charge in [0.25, 0.3) is 5.56 Å². The molecule has 2 N–H and O–H groups in total. The minimum Gasteiger partial charge on any atom is -0.319 e. The molecule has 0 aliphatic heterocycles. The average molecular weight is 292 g/mol. The molecule has 0 fully saturated rings. The van der Waals surface area contributed by atoms with Crippen molar-refractivity contribution >= 4 is 11.6 Å². The molecular weight excluding hydrogens is 274 g/mol. The quantitative estimate of drug-likeness (QED) is 0.942. The lowest BCUT2D eigenvalue weighted by Crippen LogP contribution is -2.27. The van der Waals surface area contributed by atoms with Gasteiger partial charge in [-0.05, 0) is 29.7 Å². The fraction of sp³-hybridized carbons (Fsp3) is 0.333. The Hall–Kier alpha value is -1.65. The number of rotatable bonds is 4. The Morgan fingerprint density at radius 2 is 1.85 bits per heavy atom. The highest BCUT2D eigenvalue weighted by atomic mass is 35.5. The SMILES string of the molecule is CC(C)Cn1nc(C(N)c2ccc(Cl)cc2)ccc1=O. The van der Waals surface area contributed by atoms with Crippen LogP contribution in [0.4, 0.5) is 0 Å². The minimum atomic E-state index is -0.369. The number of aromatic nitrogens is 2. The highest BCUT2D eigenvalue weighted by Crippen LogP contribution is 2.19. The highest BCUT2D eigenvalue weighted by Gasteiger charge is 2.12. The van der Waals surface area contributed by atoms with Crippen LogP contribution >= 0.6 is 11.6 Å². The maximum absolute atomic E-state index is 11.8. The summed E-state index contributed by atoms with van der Waals surface area (Å²) in [5.41, 5.74) is 7.68. The van der Waals surface area contributed by atoms with Crippen LogP contribution in [0.5, 0.6) is 0 Å². The van der Waals surface area contributed by atoms with Crippen molar-refractivity contribution in [3.63, 3.8) is 0 Å². The van der Waals surface area contributed by atoms with Gasteiger partial charge in [0.05, 0.1) is 11.7 Å². The largest absolute Gasteiger partial charge is 0.319 e. The van der Waals surface area contributed by atoms with Gasteiger partial charge in [-0.2, -0.15) is 5.10 Å². The predicted molar refractivity (Wildman–Crippen MR) is 80.8 cm³/mol. The van der Waals surface area contributed by atoms with Crippen molar-refractivity contribution in [3.8, 4) is 0 Å². The van der Waals surface area contributed by atoms with Gasteiger partial charge in [0.2, 0.25) is 0 Å². The molecule has 1 atom stereocenters. The molecule has 0 saturated carbocycles. The third-order valence-corrected chi connectivity index (χ3v) is 3.23. The van der Waals surface area contributed by atoms with Gasteiger partial charge in [-0.1, -0.05) is 37.6 Å². The van der Waals surface area contributed by atoms with Gasteiger partial charge < -0.3 is 5.73 Å². The summed E-state index contributed by atoms with van der Waals surface area (Å²) in [5.74, 6) is 0.349. The van der Waals surface area contributed by atoms with Gasteiger partial charge in [0.15, 0.2) is 0 Å². The molecule has 106 valence electrons. The van der Waals surface area contributed by atoms with Crippen LogP contribution in [0.15, 0.2) is 41.2 Å². The predicted octanol–water partition coefficient (Wildman–Crippen LogP) is 2.60. The van der Waals surface area contributed by atoms with Crippen LogP contribution in [0.25, 0.3) is 0 Å². The number of benzene rings is 1. The van der Waals surface area contributed by atoms with E-state index in [0.717, 1.165) is 5.56 Å². The lowest BCUT2D eigenvalue weighted by atomic mass is 10.0. The standard InChI is InChI=1S/C15H18ClN3O/c1-10(2)9-19-14(20)8-7-13(18-19)15(17)11-3-5-12(16)6-4-11/h3-8,10,15H,9,17H2,1-2H3. The summed E-state index contributed by atoms with van der Waals surface area (Å²) in [6, 6.07) is 10.1. The maximum Gasteiger partial charge on any atom is 0.266 e. The summed E-state index contributed by atoms with van der Waals surface area (Å²) in [4.78, 5) is 11.8. The molecule has 2 aromatic rings. The smallest absolute Gasteiger partial charge is 0.266 e. The van der Waals surface area contributed by atoms with Crippen LogP contribution in [0.2, 0.25) is 5.02 Å². The van der Waals surface area contributed by atoms with Crippen LogP contribution in [-0.4, -0.2) is 9.78 Å². The third-order valence-electron chi connectivity index (χ3n) is 2.97. The van der Waals surface area contributed by atoms with Gasteiger partial charge in [-0.3, -0.25) is 4.79 Å². The Labute approximate surface area is 123 Å². The number of nitrogens with two attached hydrogens (primary N) is 1. The normalized spacial score (nSPS) is 12.7. The first kappa shape index (κ1) is 14.8. The van der Waals surface area contributed by atoms with E-state index in [9.17, 15) is 4.79 Å². The zero-order valence-corrected chi connectivity index (χ0v) is 12.3. The summed E-state index contributed by atoms with van der Waals surface area (Å²) in [6.45, 7) is 4.67. The molecule has 0 radical (unpaired) electrons. The molecule has 0 amide bonds. The first-order valence-electron chi connectivity index (χ1n) is 6.56. The van der Waals surface area contributed by atoms with Gasteiger partial charge >= 0.3 is 0 Å². The van der Waals surface area contributed by atoms with E-state index in [1.807, 2.05) is 26.0 Å². The van der Waals surface area contributed by atoms with Crippen molar-refractivity contribution in [2.24, 2.45) is 11.7 Å². The van der Waals surface area contributed by atoms with E-state index in [1.165, 1.54) is 10.7 Å². The second-order valence-corrected chi connectivity index (χ2v) is 5.64. The number of hydrogen-bond acceptors (Lipinski definition) is 3. The molecule has 1 heterocycles. The second-order valence-electron chi connectivity index (χ2n) is 5.20. The highest BCUT2D eigenvalue weighted by molar-refractivity contribution is 6.30. The Morgan fingerprint density at radius 3 is 2.45 bits per heavy atom. The molecule has 0 bridgehead atoms. The van der Waals surface area contributed by atoms with E-state index in [2.05, 4.69) is 5.10 Å². The maximum atomic E-state index is 11.8. The molecule has 0 aliphatic rings. The van der Waals surface area contributed by atoms with E-state index in [1.54, 1.807) is 18.2 Å². The Balaban J connectivity index is 2.32. The summed E-state index contributed by atoms with van der Waals surface area (Å²) in [7, 11) is 0. The van der Waals surface area contributed by atoms with E-state index < -0.39 is 0 Å². The van der Waals surface area contributed by atoms with Gasteiger partial charge in [0.1, 0.15) is 0 Å². The zero-order valence-electron chi connectivity index (χ0n) is 11.6. The monoisotopic (exact) mass is 291 g/mol. The fourth-order valence-corrected chi connectivity index (χ4v) is 2.07. The lowest BCUT2D eigenvalue weighted by molar-refractivity contribution is 0.455. The van der Waals surface area contributed by atoms with Crippen LogP contribution in [0.1, 0.15) is 31.1 Å². The van der Waals surface area contributed by atoms with Crippen molar-refractivity contribution in [3.05, 3.63) is 63.0 Å². The Kier molecular flexibility index (Phi) is 4.57. The van der Waals surface area contributed by atoms with Gasteiger partial charge in [0, 0.05) is 17.6 Å². The van der Waals surface area contributed by atoms with Crippen molar-refractivity contribution < 1.29 is 0 Å². The Bertz CT molecular complexity index is 634. The Morgan fingerprint density at radius 1 is 1.20 bits per heavy atom. The zero-order chi connectivity index (χ0) is 14.7. The van der Waals surface area contributed by atoms with Gasteiger partial charge in [-0.25, -0.2) is 4.68 Å². The minimum absolute atomic E-state index is 0.106. The first-order valence-corrected chi connectivity index (χ1v) is 6.94. The van der Waals surface area contributed by atoms with Crippen LogP contribution in [0, 0.1) is 5.92 Å². The van der Waals surface area contributed by atoms with Crippen molar-refractivity contribution in [2.45, 2.75) is 26.4 Å². The lowest BCUT2D eigenvalue weighted by Gasteiger charge is -2.14. The molecule has 4 nitrogen and oxygen atoms in total.